The fourth-order valence-electron chi connectivity index (χ4n) is 1.69. The van der Waals surface area contributed by atoms with Crippen LogP contribution in [0.4, 0.5) is 4.39 Å². The molecule has 4 nitrogen and oxygen atoms in total. The lowest BCUT2D eigenvalue weighted by Crippen LogP contribution is -2.32. The molecule has 21 heavy (non-hydrogen) atoms. The standard InChI is InChI=1S/C14H17BrFNO3S/c1-9(6-10-2-3-12(16)11(15)7-10)14(20)17-4-5-21-8-13(18)19/h2-3,7,9H,4-6,8H2,1H3,(H,17,20)(H,18,19). The number of amides is 1. The van der Waals surface area contributed by atoms with Crippen molar-refractivity contribution in [3.63, 3.8) is 0 Å². The number of hydrogen-bond donors (Lipinski definition) is 2. The predicted molar refractivity (Wildman–Crippen MR) is 84.9 cm³/mol. The summed E-state index contributed by atoms with van der Waals surface area (Å²) < 4.78 is 13.5. The summed E-state index contributed by atoms with van der Waals surface area (Å²) in [7, 11) is 0. The molecule has 0 heterocycles. The number of carboxylic acid groups (broad SMARTS) is 1. The highest BCUT2D eigenvalue weighted by atomic mass is 79.9. The van der Waals surface area contributed by atoms with Crippen molar-refractivity contribution in [3.8, 4) is 0 Å². The average molecular weight is 378 g/mol. The molecule has 2 N–H and O–H groups in total. The maximum Gasteiger partial charge on any atom is 0.313 e. The lowest BCUT2D eigenvalue weighted by molar-refractivity contribution is -0.133. The van der Waals surface area contributed by atoms with Crippen LogP contribution in [0, 0.1) is 11.7 Å². The number of hydrogen-bond acceptors (Lipinski definition) is 3. The fraction of sp³-hybridized carbons (Fsp3) is 0.429. The van der Waals surface area contributed by atoms with E-state index in [0.717, 1.165) is 5.56 Å². The lowest BCUT2D eigenvalue weighted by Gasteiger charge is -2.12. The Bertz CT molecular complexity index is 513. The van der Waals surface area contributed by atoms with Gasteiger partial charge in [-0.3, -0.25) is 9.59 Å². The number of nitrogens with one attached hydrogen (secondary N) is 1. The van der Waals surface area contributed by atoms with E-state index < -0.39 is 5.97 Å². The summed E-state index contributed by atoms with van der Waals surface area (Å²) in [5, 5.41) is 11.2. The van der Waals surface area contributed by atoms with Gasteiger partial charge in [-0.2, -0.15) is 0 Å². The molecule has 1 atom stereocenters. The summed E-state index contributed by atoms with van der Waals surface area (Å²) in [6.07, 6.45) is 0.521. The molecule has 0 saturated carbocycles. The second-order valence-electron chi connectivity index (χ2n) is 4.59. The first-order valence-corrected chi connectivity index (χ1v) is 8.36. The van der Waals surface area contributed by atoms with Crippen molar-refractivity contribution in [2.24, 2.45) is 5.92 Å². The molecule has 0 aliphatic heterocycles. The number of thioether (sulfide) groups is 1. The van der Waals surface area contributed by atoms with Crippen molar-refractivity contribution in [2.45, 2.75) is 13.3 Å². The van der Waals surface area contributed by atoms with E-state index in [4.69, 9.17) is 5.11 Å². The van der Waals surface area contributed by atoms with E-state index in [9.17, 15) is 14.0 Å². The van der Waals surface area contributed by atoms with Gasteiger partial charge in [0.15, 0.2) is 0 Å². The first-order valence-electron chi connectivity index (χ1n) is 6.41. The molecule has 1 unspecified atom stereocenters. The van der Waals surface area contributed by atoms with Crippen molar-refractivity contribution >= 4 is 39.6 Å². The predicted octanol–water partition coefficient (Wildman–Crippen LogP) is 2.70. The maximum atomic E-state index is 13.1. The topological polar surface area (TPSA) is 66.4 Å². The molecule has 7 heteroatoms. The van der Waals surface area contributed by atoms with Gasteiger partial charge >= 0.3 is 5.97 Å². The van der Waals surface area contributed by atoms with Crippen LogP contribution in [-0.2, 0) is 16.0 Å². The van der Waals surface area contributed by atoms with Crippen molar-refractivity contribution in [1.82, 2.24) is 5.32 Å². The number of carboxylic acids is 1. The Hall–Kier alpha value is -1.08. The van der Waals surface area contributed by atoms with Gasteiger partial charge in [0.2, 0.25) is 5.91 Å². The fourth-order valence-corrected chi connectivity index (χ4v) is 2.68. The highest BCUT2D eigenvalue weighted by Gasteiger charge is 2.13. The number of aliphatic carboxylic acids is 1. The largest absolute Gasteiger partial charge is 0.481 e. The van der Waals surface area contributed by atoms with Crippen molar-refractivity contribution in [1.29, 1.82) is 0 Å². The molecular weight excluding hydrogens is 361 g/mol. The van der Waals surface area contributed by atoms with Crippen LogP contribution in [0.5, 0.6) is 0 Å². The zero-order chi connectivity index (χ0) is 15.8. The van der Waals surface area contributed by atoms with E-state index in [0.29, 0.717) is 23.2 Å². The number of carbonyl (C=O) groups is 2. The molecule has 1 aromatic carbocycles. The molecule has 0 spiro atoms. The molecule has 0 aromatic heterocycles. The minimum Gasteiger partial charge on any atom is -0.481 e. The third-order valence-electron chi connectivity index (χ3n) is 2.74. The normalized spacial score (nSPS) is 12.0. The van der Waals surface area contributed by atoms with Crippen LogP contribution in [0.2, 0.25) is 0 Å². The zero-order valence-electron chi connectivity index (χ0n) is 11.6. The minimum atomic E-state index is -0.860. The molecule has 0 aliphatic rings. The molecule has 0 saturated heterocycles. The van der Waals surface area contributed by atoms with Gasteiger partial charge in [0.25, 0.3) is 0 Å². The molecular formula is C14H17BrFNO3S. The summed E-state index contributed by atoms with van der Waals surface area (Å²) >= 11 is 4.38. The SMILES string of the molecule is CC(Cc1ccc(F)c(Br)c1)C(=O)NCCSCC(=O)O. The Morgan fingerprint density at radius 3 is 2.81 bits per heavy atom. The van der Waals surface area contributed by atoms with E-state index in [2.05, 4.69) is 21.2 Å². The van der Waals surface area contributed by atoms with E-state index >= 15 is 0 Å². The summed E-state index contributed by atoms with van der Waals surface area (Å²) in [6, 6.07) is 4.70. The third-order valence-corrected chi connectivity index (χ3v) is 4.30. The molecule has 0 bridgehead atoms. The van der Waals surface area contributed by atoms with E-state index in [1.807, 2.05) is 0 Å². The van der Waals surface area contributed by atoms with Crippen molar-refractivity contribution in [2.75, 3.05) is 18.1 Å². The monoisotopic (exact) mass is 377 g/mol. The van der Waals surface area contributed by atoms with Crippen LogP contribution in [0.25, 0.3) is 0 Å². The number of carbonyl (C=O) groups excluding carboxylic acids is 1. The van der Waals surface area contributed by atoms with Crippen LogP contribution < -0.4 is 5.32 Å². The quantitative estimate of drug-likeness (QED) is 0.683. The van der Waals surface area contributed by atoms with Gasteiger partial charge in [0.1, 0.15) is 5.82 Å². The van der Waals surface area contributed by atoms with E-state index in [1.165, 1.54) is 17.8 Å². The van der Waals surface area contributed by atoms with Crippen LogP contribution in [-0.4, -0.2) is 35.0 Å². The van der Waals surface area contributed by atoms with Gasteiger partial charge in [0, 0.05) is 18.2 Å². The molecule has 0 fully saturated rings. The summed E-state index contributed by atoms with van der Waals surface area (Å²) in [4.78, 5) is 22.2. The molecule has 0 aliphatic carbocycles. The summed E-state index contributed by atoms with van der Waals surface area (Å²) in [5.41, 5.74) is 0.881. The molecule has 1 rings (SSSR count). The Morgan fingerprint density at radius 2 is 2.19 bits per heavy atom. The van der Waals surface area contributed by atoms with Crippen molar-refractivity contribution in [3.05, 3.63) is 34.1 Å². The average Bonchev–Trinajstić information content (AvgIpc) is 2.42. The Labute approximate surface area is 135 Å². The number of benzene rings is 1. The highest BCUT2D eigenvalue weighted by Crippen LogP contribution is 2.19. The zero-order valence-corrected chi connectivity index (χ0v) is 14.0. The first kappa shape index (κ1) is 18.0. The Kier molecular flexibility index (Phi) is 7.74. The number of rotatable bonds is 8. The van der Waals surface area contributed by atoms with E-state index in [-0.39, 0.29) is 23.4 Å². The maximum absolute atomic E-state index is 13.1. The minimum absolute atomic E-state index is 0.0367. The smallest absolute Gasteiger partial charge is 0.313 e. The summed E-state index contributed by atoms with van der Waals surface area (Å²) in [5.74, 6) is -0.909. The van der Waals surface area contributed by atoms with E-state index in [1.54, 1.807) is 19.1 Å². The number of halogens is 2. The van der Waals surface area contributed by atoms with Crippen molar-refractivity contribution < 1.29 is 19.1 Å². The van der Waals surface area contributed by atoms with Crippen LogP contribution in [0.1, 0.15) is 12.5 Å². The second-order valence-corrected chi connectivity index (χ2v) is 6.55. The van der Waals surface area contributed by atoms with Gasteiger partial charge in [0.05, 0.1) is 10.2 Å². The van der Waals surface area contributed by atoms with Crippen LogP contribution in [0.15, 0.2) is 22.7 Å². The molecule has 0 radical (unpaired) electrons. The molecule has 1 amide bonds. The van der Waals surface area contributed by atoms with Crippen LogP contribution in [0.3, 0.4) is 0 Å². The van der Waals surface area contributed by atoms with Gasteiger partial charge in [-0.1, -0.05) is 13.0 Å². The van der Waals surface area contributed by atoms with Gasteiger partial charge < -0.3 is 10.4 Å². The molecule has 116 valence electrons. The third kappa shape index (κ3) is 6.95. The Morgan fingerprint density at radius 1 is 1.48 bits per heavy atom. The van der Waals surface area contributed by atoms with Gasteiger partial charge in [-0.05, 0) is 40.0 Å². The molecule has 1 aromatic rings. The van der Waals surface area contributed by atoms with Gasteiger partial charge in [-0.15, -0.1) is 11.8 Å². The highest BCUT2D eigenvalue weighted by molar-refractivity contribution is 9.10. The first-order chi connectivity index (χ1) is 9.90. The Balaban J connectivity index is 2.33. The lowest BCUT2D eigenvalue weighted by atomic mass is 10.0. The van der Waals surface area contributed by atoms with Crippen LogP contribution >= 0.6 is 27.7 Å². The second kappa shape index (κ2) is 9.04. The summed E-state index contributed by atoms with van der Waals surface area (Å²) in [6.45, 7) is 2.24. The van der Waals surface area contributed by atoms with Gasteiger partial charge in [-0.25, -0.2) is 4.39 Å².